The van der Waals surface area contributed by atoms with Crippen LogP contribution in [-0.4, -0.2) is 15.1 Å². The fourth-order valence-electron chi connectivity index (χ4n) is 1.99. The summed E-state index contributed by atoms with van der Waals surface area (Å²) in [5.74, 6) is 0.774. The molecule has 0 radical (unpaired) electrons. The highest BCUT2D eigenvalue weighted by molar-refractivity contribution is 7.99. The molecule has 0 aliphatic carbocycles. The number of rotatable bonds is 4. The molecule has 0 fully saturated rings. The van der Waals surface area contributed by atoms with Gasteiger partial charge in [-0.25, -0.2) is 4.98 Å². The summed E-state index contributed by atoms with van der Waals surface area (Å²) in [6, 6.07) is 10.1. The third-order valence-electron chi connectivity index (χ3n) is 3.24. The van der Waals surface area contributed by atoms with Crippen LogP contribution in [0.5, 0.6) is 0 Å². The van der Waals surface area contributed by atoms with Gasteiger partial charge in [0.15, 0.2) is 0 Å². The van der Waals surface area contributed by atoms with E-state index in [1.807, 2.05) is 30.3 Å². The number of nitrogens with zero attached hydrogens (tertiary/aromatic N) is 3. The number of hydrogen-bond acceptors (Lipinski definition) is 5. The Balaban J connectivity index is 1.77. The van der Waals surface area contributed by atoms with Crippen LogP contribution in [0, 0.1) is 0 Å². The van der Waals surface area contributed by atoms with Crippen molar-refractivity contribution < 1.29 is 17.7 Å². The summed E-state index contributed by atoms with van der Waals surface area (Å²) in [7, 11) is 0. The Morgan fingerprint density at radius 3 is 2.56 bits per heavy atom. The van der Waals surface area contributed by atoms with Gasteiger partial charge in [0.1, 0.15) is 5.03 Å². The second-order valence-corrected chi connectivity index (χ2v) is 6.83. The number of alkyl halides is 3. The fraction of sp³-hybridized carbons (Fsp3) is 0.188. The normalized spacial score (nSPS) is 13.0. The van der Waals surface area contributed by atoms with E-state index in [0.29, 0.717) is 11.7 Å². The zero-order valence-corrected chi connectivity index (χ0v) is 14.4. The van der Waals surface area contributed by atoms with E-state index >= 15 is 0 Å². The summed E-state index contributed by atoms with van der Waals surface area (Å²) in [6.45, 7) is 1.78. The molecule has 0 bridgehead atoms. The van der Waals surface area contributed by atoms with Gasteiger partial charge in [-0.15, -0.1) is 0 Å². The summed E-state index contributed by atoms with van der Waals surface area (Å²) in [4.78, 5) is 8.11. The van der Waals surface area contributed by atoms with E-state index in [1.54, 1.807) is 6.92 Å². The van der Waals surface area contributed by atoms with E-state index < -0.39 is 11.7 Å². The lowest BCUT2D eigenvalue weighted by Gasteiger charge is -2.10. The first kappa shape index (κ1) is 17.8. The van der Waals surface area contributed by atoms with Crippen LogP contribution in [0.4, 0.5) is 13.2 Å². The minimum atomic E-state index is -4.48. The van der Waals surface area contributed by atoms with Crippen molar-refractivity contribution in [3.8, 4) is 11.4 Å². The van der Waals surface area contributed by atoms with Gasteiger partial charge in [0.25, 0.3) is 0 Å². The van der Waals surface area contributed by atoms with Gasteiger partial charge in [-0.05, 0) is 13.0 Å². The van der Waals surface area contributed by atoms with Gasteiger partial charge < -0.3 is 4.52 Å². The molecule has 130 valence electrons. The van der Waals surface area contributed by atoms with Gasteiger partial charge in [0.2, 0.25) is 11.7 Å². The van der Waals surface area contributed by atoms with Crippen molar-refractivity contribution in [2.75, 3.05) is 0 Å². The molecule has 1 atom stereocenters. The van der Waals surface area contributed by atoms with Crippen LogP contribution >= 0.6 is 23.4 Å². The third-order valence-corrected chi connectivity index (χ3v) is 4.75. The Hall–Kier alpha value is -2.06. The average molecular weight is 386 g/mol. The largest absolute Gasteiger partial charge is 0.417 e. The molecule has 3 rings (SSSR count). The van der Waals surface area contributed by atoms with Crippen molar-refractivity contribution in [1.82, 2.24) is 15.1 Å². The van der Waals surface area contributed by atoms with Gasteiger partial charge in [-0.3, -0.25) is 0 Å². The number of aromatic nitrogens is 3. The first-order valence-electron chi connectivity index (χ1n) is 7.13. The molecule has 1 unspecified atom stereocenters. The minimum Gasteiger partial charge on any atom is -0.338 e. The van der Waals surface area contributed by atoms with Crippen molar-refractivity contribution in [2.24, 2.45) is 0 Å². The maximum absolute atomic E-state index is 12.7. The van der Waals surface area contributed by atoms with E-state index in [2.05, 4.69) is 15.1 Å². The molecule has 1 aromatic carbocycles. The highest BCUT2D eigenvalue weighted by Gasteiger charge is 2.32. The number of hydrogen-bond donors (Lipinski definition) is 0. The van der Waals surface area contributed by atoms with Gasteiger partial charge >= 0.3 is 6.18 Å². The Labute approximate surface area is 150 Å². The summed E-state index contributed by atoms with van der Waals surface area (Å²) < 4.78 is 43.2. The Morgan fingerprint density at radius 2 is 1.92 bits per heavy atom. The summed E-state index contributed by atoms with van der Waals surface area (Å²) >= 11 is 7.06. The van der Waals surface area contributed by atoms with Gasteiger partial charge in [-0.2, -0.15) is 18.2 Å². The summed E-state index contributed by atoms with van der Waals surface area (Å²) in [5, 5.41) is 3.78. The third kappa shape index (κ3) is 4.13. The highest BCUT2D eigenvalue weighted by Crippen LogP contribution is 2.39. The van der Waals surface area contributed by atoms with E-state index in [4.69, 9.17) is 16.1 Å². The van der Waals surface area contributed by atoms with Gasteiger partial charge in [0.05, 0.1) is 15.8 Å². The van der Waals surface area contributed by atoms with Crippen LogP contribution in [0.2, 0.25) is 5.02 Å². The van der Waals surface area contributed by atoms with Gasteiger partial charge in [0, 0.05) is 11.8 Å². The molecule has 0 aliphatic rings. The van der Waals surface area contributed by atoms with Gasteiger partial charge in [-0.1, -0.05) is 58.9 Å². The maximum Gasteiger partial charge on any atom is 0.417 e. The molecule has 4 nitrogen and oxygen atoms in total. The van der Waals surface area contributed by atoms with E-state index in [-0.39, 0.29) is 15.3 Å². The molecule has 2 heterocycles. The zero-order valence-electron chi connectivity index (χ0n) is 12.8. The van der Waals surface area contributed by atoms with Crippen LogP contribution in [0.15, 0.2) is 52.1 Å². The Bertz CT molecular complexity index is 871. The minimum absolute atomic E-state index is 0.0746. The quantitative estimate of drug-likeness (QED) is 0.542. The topological polar surface area (TPSA) is 51.8 Å². The van der Waals surface area contributed by atoms with Crippen LogP contribution in [0.25, 0.3) is 11.4 Å². The molecule has 0 saturated carbocycles. The summed E-state index contributed by atoms with van der Waals surface area (Å²) in [5.41, 5.74) is -0.0842. The lowest BCUT2D eigenvalue weighted by molar-refractivity contribution is -0.137. The van der Waals surface area contributed by atoms with E-state index in [9.17, 15) is 13.2 Å². The van der Waals surface area contributed by atoms with Crippen LogP contribution in [0.3, 0.4) is 0 Å². The van der Waals surface area contributed by atoms with Crippen molar-refractivity contribution in [3.05, 3.63) is 59.1 Å². The average Bonchev–Trinajstić information content (AvgIpc) is 3.07. The zero-order chi connectivity index (χ0) is 18.0. The molecule has 3 aromatic rings. The number of benzene rings is 1. The second kappa shape index (κ2) is 7.05. The predicted octanol–water partition coefficient (Wildman–Crippen LogP) is 5.66. The monoisotopic (exact) mass is 385 g/mol. The van der Waals surface area contributed by atoms with Crippen molar-refractivity contribution >= 4 is 23.4 Å². The first-order chi connectivity index (χ1) is 11.8. The Morgan fingerprint density at radius 1 is 1.20 bits per heavy atom. The fourth-order valence-corrected chi connectivity index (χ4v) is 3.11. The van der Waals surface area contributed by atoms with Crippen molar-refractivity contribution in [1.29, 1.82) is 0 Å². The molecule has 25 heavy (non-hydrogen) atoms. The molecule has 0 N–H and O–H groups in total. The SMILES string of the molecule is CC(Sc1ncc(C(F)(F)F)cc1Cl)c1nc(-c2ccccc2)no1. The summed E-state index contributed by atoms with van der Waals surface area (Å²) in [6.07, 6.45) is -3.73. The molecule has 0 amide bonds. The van der Waals surface area contributed by atoms with Crippen molar-refractivity contribution in [3.63, 3.8) is 0 Å². The van der Waals surface area contributed by atoms with Crippen molar-refractivity contribution in [2.45, 2.75) is 23.4 Å². The van der Waals surface area contributed by atoms with E-state index in [0.717, 1.165) is 29.6 Å². The van der Waals surface area contributed by atoms with Crippen LogP contribution in [-0.2, 0) is 6.18 Å². The Kier molecular flexibility index (Phi) is 5.01. The number of pyridine rings is 1. The highest BCUT2D eigenvalue weighted by atomic mass is 35.5. The molecule has 9 heteroatoms. The second-order valence-electron chi connectivity index (χ2n) is 5.09. The first-order valence-corrected chi connectivity index (χ1v) is 8.39. The maximum atomic E-state index is 12.7. The number of thioether (sulfide) groups is 1. The standard InChI is InChI=1S/C16H11ClF3N3OS/c1-9(14-22-13(23-24-14)10-5-3-2-4-6-10)25-15-12(17)7-11(8-21-15)16(18,19)20/h2-9H,1H3. The number of halogens is 4. The molecule has 0 spiro atoms. The van der Waals surface area contributed by atoms with E-state index in [1.165, 1.54) is 0 Å². The molecule has 2 aromatic heterocycles. The molecular formula is C16H11ClF3N3OS. The predicted molar refractivity (Wildman–Crippen MR) is 88.3 cm³/mol. The molecule has 0 saturated heterocycles. The lowest BCUT2D eigenvalue weighted by Crippen LogP contribution is -2.05. The molecule has 0 aliphatic heterocycles. The lowest BCUT2D eigenvalue weighted by atomic mass is 10.2. The smallest absolute Gasteiger partial charge is 0.338 e. The van der Waals surface area contributed by atoms with Crippen LogP contribution < -0.4 is 0 Å². The van der Waals surface area contributed by atoms with Crippen LogP contribution in [0.1, 0.15) is 23.6 Å². The molecular weight excluding hydrogens is 375 g/mol.